The maximum atomic E-state index is 4.39. The van der Waals surface area contributed by atoms with Crippen LogP contribution >= 0.6 is 11.3 Å². The van der Waals surface area contributed by atoms with Crippen molar-refractivity contribution in [1.82, 2.24) is 15.2 Å². The summed E-state index contributed by atoms with van der Waals surface area (Å²) < 4.78 is 0. The molecule has 0 spiro atoms. The van der Waals surface area contributed by atoms with E-state index in [0.717, 1.165) is 25.6 Å². The average Bonchev–Trinajstić information content (AvgIpc) is 2.73. The van der Waals surface area contributed by atoms with Crippen LogP contribution in [0.15, 0.2) is 11.6 Å². The Balaban J connectivity index is 1.92. The van der Waals surface area contributed by atoms with Crippen molar-refractivity contribution < 1.29 is 0 Å². The molecule has 0 bridgehead atoms. The summed E-state index contributed by atoms with van der Waals surface area (Å²) in [6.45, 7) is 9.16. The third kappa shape index (κ3) is 3.76. The van der Waals surface area contributed by atoms with E-state index in [1.807, 2.05) is 6.20 Å². The van der Waals surface area contributed by atoms with E-state index in [-0.39, 0.29) is 0 Å². The van der Waals surface area contributed by atoms with Crippen molar-refractivity contribution in [2.75, 3.05) is 19.6 Å². The van der Waals surface area contributed by atoms with Crippen LogP contribution in [0.25, 0.3) is 0 Å². The van der Waals surface area contributed by atoms with Gasteiger partial charge in [0.1, 0.15) is 5.01 Å². The molecule has 2 rings (SSSR count). The first kappa shape index (κ1) is 13.0. The van der Waals surface area contributed by atoms with Gasteiger partial charge >= 0.3 is 0 Å². The standard InChI is InChI=1S/C13H23N3S/c1-3-11(2)12-9-16(7-4-5-14-12)10-13-15-6-8-17-13/h6,8,11-12,14H,3-5,7,9-10H2,1-2H3. The molecule has 0 radical (unpaired) electrons. The molecule has 2 unspecified atom stereocenters. The zero-order chi connectivity index (χ0) is 12.1. The van der Waals surface area contributed by atoms with E-state index in [0.29, 0.717) is 6.04 Å². The third-order valence-corrected chi connectivity index (χ3v) is 4.45. The third-order valence-electron chi connectivity index (χ3n) is 3.69. The van der Waals surface area contributed by atoms with Crippen LogP contribution in [-0.2, 0) is 6.54 Å². The molecule has 1 fully saturated rings. The monoisotopic (exact) mass is 253 g/mol. The summed E-state index contributed by atoms with van der Waals surface area (Å²) in [5.41, 5.74) is 0. The summed E-state index contributed by atoms with van der Waals surface area (Å²) in [6.07, 6.45) is 4.41. The Hall–Kier alpha value is -0.450. The van der Waals surface area contributed by atoms with E-state index >= 15 is 0 Å². The molecule has 1 aromatic heterocycles. The number of nitrogens with one attached hydrogen (secondary N) is 1. The highest BCUT2D eigenvalue weighted by molar-refractivity contribution is 7.09. The lowest BCUT2D eigenvalue weighted by atomic mass is 9.99. The topological polar surface area (TPSA) is 28.2 Å². The zero-order valence-corrected chi connectivity index (χ0v) is 11.7. The van der Waals surface area contributed by atoms with E-state index in [1.165, 1.54) is 24.4 Å². The lowest BCUT2D eigenvalue weighted by molar-refractivity contribution is 0.231. The van der Waals surface area contributed by atoms with Gasteiger partial charge in [-0.15, -0.1) is 11.3 Å². The highest BCUT2D eigenvalue weighted by Crippen LogP contribution is 2.15. The van der Waals surface area contributed by atoms with Gasteiger partial charge in [0.25, 0.3) is 0 Å². The van der Waals surface area contributed by atoms with E-state index in [9.17, 15) is 0 Å². The lowest BCUT2D eigenvalue weighted by Crippen LogP contribution is -2.41. The lowest BCUT2D eigenvalue weighted by Gasteiger charge is -2.27. The van der Waals surface area contributed by atoms with Crippen LogP contribution < -0.4 is 5.32 Å². The first-order chi connectivity index (χ1) is 8.29. The molecule has 2 atom stereocenters. The van der Waals surface area contributed by atoms with Crippen LogP contribution in [0, 0.1) is 5.92 Å². The van der Waals surface area contributed by atoms with Gasteiger partial charge in [0.15, 0.2) is 0 Å². The van der Waals surface area contributed by atoms with Crippen LogP contribution in [0.1, 0.15) is 31.7 Å². The van der Waals surface area contributed by atoms with Crippen molar-refractivity contribution in [3.63, 3.8) is 0 Å². The van der Waals surface area contributed by atoms with Crippen molar-refractivity contribution in [1.29, 1.82) is 0 Å². The summed E-state index contributed by atoms with van der Waals surface area (Å²) in [7, 11) is 0. The summed E-state index contributed by atoms with van der Waals surface area (Å²) >= 11 is 1.77. The fourth-order valence-electron chi connectivity index (χ4n) is 2.36. The molecule has 1 aliphatic heterocycles. The van der Waals surface area contributed by atoms with Gasteiger partial charge < -0.3 is 5.32 Å². The molecule has 1 N–H and O–H groups in total. The molecule has 17 heavy (non-hydrogen) atoms. The van der Waals surface area contributed by atoms with E-state index in [2.05, 4.69) is 34.4 Å². The Bertz CT molecular complexity index is 312. The minimum Gasteiger partial charge on any atom is -0.312 e. The van der Waals surface area contributed by atoms with Crippen LogP contribution in [0.2, 0.25) is 0 Å². The summed E-state index contributed by atoms with van der Waals surface area (Å²) in [5, 5.41) is 7.00. The Morgan fingerprint density at radius 3 is 3.24 bits per heavy atom. The first-order valence-corrected chi connectivity index (χ1v) is 7.51. The van der Waals surface area contributed by atoms with Gasteiger partial charge in [-0.1, -0.05) is 20.3 Å². The van der Waals surface area contributed by atoms with Crippen molar-refractivity contribution in [3.8, 4) is 0 Å². The normalized spacial score (nSPS) is 24.5. The minimum absolute atomic E-state index is 0.641. The second-order valence-electron chi connectivity index (χ2n) is 4.96. The van der Waals surface area contributed by atoms with Crippen molar-refractivity contribution >= 4 is 11.3 Å². The predicted molar refractivity (Wildman–Crippen MR) is 73.3 cm³/mol. The summed E-state index contributed by atoms with van der Waals surface area (Å²) in [5.74, 6) is 0.756. The summed E-state index contributed by atoms with van der Waals surface area (Å²) in [6, 6.07) is 0.641. The number of nitrogens with zero attached hydrogens (tertiary/aromatic N) is 2. The van der Waals surface area contributed by atoms with Gasteiger partial charge in [-0.3, -0.25) is 4.90 Å². The van der Waals surface area contributed by atoms with E-state index in [1.54, 1.807) is 11.3 Å². The smallest absolute Gasteiger partial charge is 0.107 e. The molecule has 0 saturated carbocycles. The van der Waals surface area contributed by atoms with Gasteiger partial charge in [0.05, 0.1) is 6.54 Å². The molecule has 96 valence electrons. The molecule has 0 aromatic carbocycles. The molecule has 0 amide bonds. The molecule has 3 nitrogen and oxygen atoms in total. The fraction of sp³-hybridized carbons (Fsp3) is 0.769. The Labute approximate surface area is 108 Å². The fourth-order valence-corrected chi connectivity index (χ4v) is 3.01. The Morgan fingerprint density at radius 1 is 1.65 bits per heavy atom. The van der Waals surface area contributed by atoms with E-state index in [4.69, 9.17) is 0 Å². The molecule has 1 saturated heterocycles. The Kier molecular flexibility index (Phi) is 4.95. The second kappa shape index (κ2) is 6.47. The number of rotatable bonds is 4. The molecule has 0 aliphatic carbocycles. The van der Waals surface area contributed by atoms with Crippen LogP contribution in [0.3, 0.4) is 0 Å². The number of hydrogen-bond acceptors (Lipinski definition) is 4. The molecular formula is C13H23N3S. The van der Waals surface area contributed by atoms with Crippen LogP contribution in [0.4, 0.5) is 0 Å². The molecule has 2 heterocycles. The van der Waals surface area contributed by atoms with Crippen molar-refractivity contribution in [2.45, 2.75) is 39.3 Å². The zero-order valence-electron chi connectivity index (χ0n) is 10.9. The second-order valence-corrected chi connectivity index (χ2v) is 5.94. The van der Waals surface area contributed by atoms with Crippen molar-refractivity contribution in [2.24, 2.45) is 5.92 Å². The molecule has 1 aromatic rings. The van der Waals surface area contributed by atoms with Gasteiger partial charge in [0.2, 0.25) is 0 Å². The van der Waals surface area contributed by atoms with Crippen molar-refractivity contribution in [3.05, 3.63) is 16.6 Å². The molecular weight excluding hydrogens is 230 g/mol. The quantitative estimate of drug-likeness (QED) is 0.893. The largest absolute Gasteiger partial charge is 0.312 e. The number of thiazole rings is 1. The maximum absolute atomic E-state index is 4.39. The van der Waals surface area contributed by atoms with Crippen LogP contribution in [-0.4, -0.2) is 35.6 Å². The highest BCUT2D eigenvalue weighted by Gasteiger charge is 2.21. The van der Waals surface area contributed by atoms with Gasteiger partial charge in [-0.05, 0) is 25.4 Å². The predicted octanol–water partition coefficient (Wildman–Crippen LogP) is 2.35. The number of hydrogen-bond donors (Lipinski definition) is 1. The van der Waals surface area contributed by atoms with Gasteiger partial charge in [0, 0.05) is 24.2 Å². The Morgan fingerprint density at radius 2 is 2.53 bits per heavy atom. The van der Waals surface area contributed by atoms with Gasteiger partial charge in [-0.25, -0.2) is 4.98 Å². The van der Waals surface area contributed by atoms with E-state index < -0.39 is 0 Å². The van der Waals surface area contributed by atoms with Crippen LogP contribution in [0.5, 0.6) is 0 Å². The SMILES string of the molecule is CCC(C)C1CN(Cc2nccs2)CCCN1. The highest BCUT2D eigenvalue weighted by atomic mass is 32.1. The molecule has 1 aliphatic rings. The van der Waals surface area contributed by atoms with Gasteiger partial charge in [-0.2, -0.15) is 0 Å². The average molecular weight is 253 g/mol. The summed E-state index contributed by atoms with van der Waals surface area (Å²) in [4.78, 5) is 6.94. The molecule has 4 heteroatoms. The maximum Gasteiger partial charge on any atom is 0.107 e. The first-order valence-electron chi connectivity index (χ1n) is 6.63. The number of aromatic nitrogens is 1. The minimum atomic E-state index is 0.641.